The van der Waals surface area contributed by atoms with Gasteiger partial charge in [-0.15, -0.1) is 0 Å². The summed E-state index contributed by atoms with van der Waals surface area (Å²) in [6.07, 6.45) is 2.58. The maximum atomic E-state index is 13.5. The molecule has 2 N–H and O–H groups in total. The molecule has 1 atom stereocenters. The lowest BCUT2D eigenvalue weighted by molar-refractivity contribution is -0.133. The molecule has 188 valence electrons. The third kappa shape index (κ3) is 5.07. The SMILES string of the molecule is CCCC1(C)C(=O)N(CC(=O)Nc2c(C(C)C)cccc2C(C)C)C(=O)N1c1ccc(CO)nc1. The number of aromatic nitrogens is 1. The average Bonchev–Trinajstić information content (AvgIpc) is 2.99. The number of urea groups is 1. The summed E-state index contributed by atoms with van der Waals surface area (Å²) in [6.45, 7) is 11.3. The standard InChI is InChI=1S/C27H36N4O4/c1-7-13-27(6)25(34)30(26(35)31(27)20-12-11-19(16-32)28-14-20)15-23(33)29-24-21(17(2)3)9-8-10-22(24)18(4)5/h8-12,14,17-18,32H,7,13,15-16H2,1-6H3,(H,29,33). The highest BCUT2D eigenvalue weighted by molar-refractivity contribution is 6.18. The highest BCUT2D eigenvalue weighted by Gasteiger charge is 2.54. The van der Waals surface area contributed by atoms with E-state index in [9.17, 15) is 19.5 Å². The summed E-state index contributed by atoms with van der Waals surface area (Å²) in [5.41, 5.74) is 2.55. The first-order valence-electron chi connectivity index (χ1n) is 12.2. The number of carbonyl (C=O) groups is 3. The summed E-state index contributed by atoms with van der Waals surface area (Å²) in [4.78, 5) is 46.8. The van der Waals surface area contributed by atoms with Gasteiger partial charge >= 0.3 is 6.03 Å². The fraction of sp³-hybridized carbons (Fsp3) is 0.481. The fourth-order valence-corrected chi connectivity index (χ4v) is 4.71. The van der Waals surface area contributed by atoms with E-state index in [0.29, 0.717) is 24.2 Å². The van der Waals surface area contributed by atoms with Gasteiger partial charge in [-0.2, -0.15) is 0 Å². The highest BCUT2D eigenvalue weighted by atomic mass is 16.3. The molecule has 0 radical (unpaired) electrons. The van der Waals surface area contributed by atoms with Gasteiger partial charge in [0.25, 0.3) is 5.91 Å². The maximum Gasteiger partial charge on any atom is 0.332 e. The van der Waals surface area contributed by atoms with Crippen LogP contribution in [0.2, 0.25) is 0 Å². The quantitative estimate of drug-likeness (QED) is 0.503. The van der Waals surface area contributed by atoms with E-state index in [2.05, 4.69) is 38.0 Å². The molecule has 3 rings (SSSR count). The van der Waals surface area contributed by atoms with Gasteiger partial charge in [-0.25, -0.2) is 4.79 Å². The zero-order valence-corrected chi connectivity index (χ0v) is 21.5. The van der Waals surface area contributed by atoms with Crippen LogP contribution in [0.3, 0.4) is 0 Å². The van der Waals surface area contributed by atoms with Gasteiger partial charge in [-0.3, -0.25) is 24.4 Å². The molecule has 1 aliphatic rings. The molecule has 0 saturated carbocycles. The summed E-state index contributed by atoms with van der Waals surface area (Å²) >= 11 is 0. The summed E-state index contributed by atoms with van der Waals surface area (Å²) in [5, 5.41) is 12.3. The number of para-hydroxylation sites is 1. The molecule has 2 aromatic rings. The van der Waals surface area contributed by atoms with Gasteiger partial charge in [0.1, 0.15) is 12.1 Å². The molecule has 1 unspecified atom stereocenters. The van der Waals surface area contributed by atoms with Gasteiger partial charge in [0, 0.05) is 5.69 Å². The monoisotopic (exact) mass is 480 g/mol. The number of carbonyl (C=O) groups excluding carboxylic acids is 3. The lowest BCUT2D eigenvalue weighted by atomic mass is 9.92. The summed E-state index contributed by atoms with van der Waals surface area (Å²) < 4.78 is 0. The summed E-state index contributed by atoms with van der Waals surface area (Å²) in [5.74, 6) is -0.448. The number of anilines is 2. The van der Waals surface area contributed by atoms with Crippen LogP contribution in [0.5, 0.6) is 0 Å². The molecule has 1 aromatic carbocycles. The number of rotatable bonds is 9. The Kier molecular flexibility index (Phi) is 7.95. The van der Waals surface area contributed by atoms with Gasteiger partial charge in [-0.1, -0.05) is 59.2 Å². The second-order valence-corrected chi connectivity index (χ2v) is 9.87. The Bertz CT molecular complexity index is 1070. The average molecular weight is 481 g/mol. The first-order valence-corrected chi connectivity index (χ1v) is 12.2. The molecule has 2 heterocycles. The largest absolute Gasteiger partial charge is 0.390 e. The van der Waals surface area contributed by atoms with Gasteiger partial charge in [-0.05, 0) is 48.4 Å². The van der Waals surface area contributed by atoms with Gasteiger partial charge < -0.3 is 10.4 Å². The second kappa shape index (κ2) is 10.6. The second-order valence-electron chi connectivity index (χ2n) is 9.87. The van der Waals surface area contributed by atoms with Crippen molar-refractivity contribution in [3.63, 3.8) is 0 Å². The van der Waals surface area contributed by atoms with Crippen LogP contribution < -0.4 is 10.2 Å². The molecule has 1 aromatic heterocycles. The van der Waals surface area contributed by atoms with Crippen molar-refractivity contribution in [1.82, 2.24) is 9.88 Å². The fourth-order valence-electron chi connectivity index (χ4n) is 4.71. The molecule has 1 saturated heterocycles. The van der Waals surface area contributed by atoms with Crippen LogP contribution in [-0.2, 0) is 16.2 Å². The third-order valence-corrected chi connectivity index (χ3v) is 6.53. The van der Waals surface area contributed by atoms with Gasteiger partial charge in [0.2, 0.25) is 5.91 Å². The number of nitrogens with zero attached hydrogens (tertiary/aromatic N) is 3. The van der Waals surface area contributed by atoms with Crippen molar-refractivity contribution in [2.75, 3.05) is 16.8 Å². The van der Waals surface area contributed by atoms with Crippen molar-refractivity contribution < 1.29 is 19.5 Å². The van der Waals surface area contributed by atoms with Crippen molar-refractivity contribution in [1.29, 1.82) is 0 Å². The minimum absolute atomic E-state index is 0.191. The van der Waals surface area contributed by atoms with E-state index in [1.54, 1.807) is 19.1 Å². The van der Waals surface area contributed by atoms with Crippen molar-refractivity contribution in [2.45, 2.75) is 78.4 Å². The van der Waals surface area contributed by atoms with Crippen LogP contribution >= 0.6 is 0 Å². The zero-order valence-electron chi connectivity index (χ0n) is 21.5. The van der Waals surface area contributed by atoms with Crippen LogP contribution in [-0.4, -0.2) is 44.9 Å². The summed E-state index contributed by atoms with van der Waals surface area (Å²) in [6, 6.07) is 8.68. The Labute approximate surface area is 207 Å². The third-order valence-electron chi connectivity index (χ3n) is 6.53. The van der Waals surface area contributed by atoms with E-state index in [0.717, 1.165) is 21.7 Å². The topological polar surface area (TPSA) is 103 Å². The minimum atomic E-state index is -1.13. The Morgan fingerprint density at radius 1 is 1.09 bits per heavy atom. The molecule has 0 bridgehead atoms. The Morgan fingerprint density at radius 3 is 2.20 bits per heavy atom. The van der Waals surface area contributed by atoms with E-state index in [1.165, 1.54) is 11.1 Å². The number of nitrogens with one attached hydrogen (secondary N) is 1. The van der Waals surface area contributed by atoms with Crippen LogP contribution in [0.4, 0.5) is 16.2 Å². The zero-order chi connectivity index (χ0) is 25.9. The Balaban J connectivity index is 1.91. The van der Waals surface area contributed by atoms with Crippen molar-refractivity contribution in [2.24, 2.45) is 0 Å². The normalized spacial score (nSPS) is 18.2. The first kappa shape index (κ1) is 26.3. The molecule has 35 heavy (non-hydrogen) atoms. The summed E-state index contributed by atoms with van der Waals surface area (Å²) in [7, 11) is 0. The number of hydrogen-bond donors (Lipinski definition) is 2. The van der Waals surface area contributed by atoms with Gasteiger partial charge in [0.05, 0.1) is 24.2 Å². The lowest BCUT2D eigenvalue weighted by Crippen LogP contribution is -2.47. The molecule has 1 fully saturated rings. The smallest absolute Gasteiger partial charge is 0.332 e. The van der Waals surface area contributed by atoms with Crippen molar-refractivity contribution >= 4 is 29.2 Å². The molecular formula is C27H36N4O4. The predicted octanol–water partition coefficient (Wildman–Crippen LogP) is 4.79. The van der Waals surface area contributed by atoms with Crippen LogP contribution in [0.15, 0.2) is 36.5 Å². The number of imide groups is 1. The highest BCUT2D eigenvalue weighted by Crippen LogP contribution is 2.37. The molecule has 1 aliphatic heterocycles. The number of benzene rings is 1. The minimum Gasteiger partial charge on any atom is -0.390 e. The molecule has 0 spiro atoms. The maximum absolute atomic E-state index is 13.5. The van der Waals surface area contributed by atoms with Crippen LogP contribution in [0.25, 0.3) is 0 Å². The van der Waals surface area contributed by atoms with Crippen LogP contribution in [0, 0.1) is 0 Å². The molecular weight excluding hydrogens is 444 g/mol. The molecule has 4 amide bonds. The Hall–Kier alpha value is -3.26. The lowest BCUT2D eigenvalue weighted by Gasteiger charge is -2.31. The van der Waals surface area contributed by atoms with E-state index >= 15 is 0 Å². The number of hydrogen-bond acceptors (Lipinski definition) is 5. The van der Waals surface area contributed by atoms with Crippen LogP contribution in [0.1, 0.15) is 83.0 Å². The van der Waals surface area contributed by atoms with Crippen molar-refractivity contribution in [3.8, 4) is 0 Å². The number of aliphatic hydroxyl groups is 1. The molecule has 8 heteroatoms. The number of amides is 4. The first-order chi connectivity index (χ1) is 16.5. The van der Waals surface area contributed by atoms with E-state index < -0.39 is 23.4 Å². The van der Waals surface area contributed by atoms with Gasteiger partial charge in [0.15, 0.2) is 0 Å². The number of aliphatic hydroxyl groups excluding tert-OH is 1. The van der Waals surface area contributed by atoms with Crippen molar-refractivity contribution in [3.05, 3.63) is 53.3 Å². The van der Waals surface area contributed by atoms with E-state index in [1.807, 2.05) is 25.1 Å². The number of pyridine rings is 1. The van der Waals surface area contributed by atoms with E-state index in [-0.39, 0.29) is 25.0 Å². The van der Waals surface area contributed by atoms with E-state index in [4.69, 9.17) is 0 Å². The Morgan fingerprint density at radius 2 is 1.71 bits per heavy atom. The molecule has 0 aliphatic carbocycles. The molecule has 8 nitrogen and oxygen atoms in total. The predicted molar refractivity (Wildman–Crippen MR) is 136 cm³/mol.